The molecule has 5 nitrogen and oxygen atoms in total. The molecular formula is C28H29N4OP. The number of anilines is 2. The van der Waals surface area contributed by atoms with E-state index >= 15 is 4.57 Å². The largest absolute Gasteiger partial charge is 0.317 e. The Kier molecular flexibility index (Phi) is 5.45. The van der Waals surface area contributed by atoms with Crippen LogP contribution in [0.5, 0.6) is 0 Å². The molecule has 0 bridgehead atoms. The number of rotatable bonds is 4. The van der Waals surface area contributed by atoms with Crippen LogP contribution in [0.15, 0.2) is 77.9 Å². The third-order valence-electron chi connectivity index (χ3n) is 6.59. The van der Waals surface area contributed by atoms with Crippen molar-refractivity contribution >= 4 is 30.3 Å². The molecule has 0 fully saturated rings. The van der Waals surface area contributed by atoms with Gasteiger partial charge in [0.1, 0.15) is 0 Å². The summed E-state index contributed by atoms with van der Waals surface area (Å²) in [6.45, 7) is 10.3. The standard InChI is InChI=1S/C28H29N4OP/c1-19-11-15-25(16-12-19)31-22(4)27-18-29-32(26-9-7-6-8-10-26)34(33,28(27)23(31)5)30-24-14-13-20(2)21(3)17-24/h6-18H,1-5H3,(H,30,33). The highest BCUT2D eigenvalue weighted by Crippen LogP contribution is 2.54. The average Bonchev–Trinajstić information content (AvgIpc) is 3.08. The summed E-state index contributed by atoms with van der Waals surface area (Å²) in [6.07, 6.45) is 1.84. The molecule has 3 aromatic carbocycles. The molecule has 1 aromatic heterocycles. The van der Waals surface area contributed by atoms with Gasteiger partial charge in [0.05, 0.1) is 17.2 Å². The van der Waals surface area contributed by atoms with Crippen molar-refractivity contribution in [1.82, 2.24) is 4.57 Å². The van der Waals surface area contributed by atoms with Crippen molar-refractivity contribution in [2.24, 2.45) is 5.10 Å². The summed E-state index contributed by atoms with van der Waals surface area (Å²) in [6, 6.07) is 24.2. The van der Waals surface area contributed by atoms with E-state index in [-0.39, 0.29) is 0 Å². The number of hydrogen-bond donors (Lipinski definition) is 1. The second kappa shape index (κ2) is 8.34. The molecule has 5 rings (SSSR count). The van der Waals surface area contributed by atoms with Crippen molar-refractivity contribution in [3.63, 3.8) is 0 Å². The van der Waals surface area contributed by atoms with E-state index in [4.69, 9.17) is 5.10 Å². The Bertz CT molecular complexity index is 1450. The molecule has 2 heterocycles. The van der Waals surface area contributed by atoms with Gasteiger partial charge >= 0.3 is 7.44 Å². The molecule has 1 aliphatic heterocycles. The van der Waals surface area contributed by atoms with E-state index < -0.39 is 7.44 Å². The van der Waals surface area contributed by atoms with Gasteiger partial charge in [-0.1, -0.05) is 42.0 Å². The number of benzene rings is 3. The van der Waals surface area contributed by atoms with Crippen LogP contribution in [0.2, 0.25) is 0 Å². The lowest BCUT2D eigenvalue weighted by atomic mass is 10.1. The minimum absolute atomic E-state index is 0.782. The Hall–Kier alpha value is -3.56. The third kappa shape index (κ3) is 3.57. The highest BCUT2D eigenvalue weighted by molar-refractivity contribution is 7.74. The monoisotopic (exact) mass is 468 g/mol. The van der Waals surface area contributed by atoms with Crippen LogP contribution >= 0.6 is 7.44 Å². The van der Waals surface area contributed by atoms with E-state index in [1.807, 2.05) is 49.5 Å². The molecule has 34 heavy (non-hydrogen) atoms. The molecule has 4 aromatic rings. The maximum absolute atomic E-state index is 15.1. The van der Waals surface area contributed by atoms with Crippen molar-refractivity contribution in [3.05, 3.63) is 106 Å². The number of hydrazone groups is 1. The van der Waals surface area contributed by atoms with Crippen LogP contribution in [-0.4, -0.2) is 10.8 Å². The molecule has 1 atom stereocenters. The second-order valence-corrected chi connectivity index (χ2v) is 11.2. The Morgan fingerprint density at radius 2 is 1.47 bits per heavy atom. The molecule has 0 spiro atoms. The zero-order valence-electron chi connectivity index (χ0n) is 20.2. The number of hydrogen-bond acceptors (Lipinski definition) is 2. The normalized spacial score (nSPS) is 17.0. The van der Waals surface area contributed by atoms with E-state index in [1.165, 1.54) is 11.1 Å². The average molecular weight is 469 g/mol. The van der Waals surface area contributed by atoms with Crippen molar-refractivity contribution in [2.45, 2.75) is 34.6 Å². The first-order valence-electron chi connectivity index (χ1n) is 11.4. The Morgan fingerprint density at radius 1 is 0.765 bits per heavy atom. The van der Waals surface area contributed by atoms with Gasteiger partial charge in [-0.2, -0.15) is 9.88 Å². The summed E-state index contributed by atoms with van der Waals surface area (Å²) >= 11 is 0. The Morgan fingerprint density at radius 3 is 2.15 bits per heavy atom. The summed E-state index contributed by atoms with van der Waals surface area (Å²) in [5.74, 6) is 0. The highest BCUT2D eigenvalue weighted by Gasteiger charge is 2.42. The molecule has 0 saturated heterocycles. The zero-order chi connectivity index (χ0) is 24.0. The van der Waals surface area contributed by atoms with Gasteiger partial charge in [0.15, 0.2) is 0 Å². The van der Waals surface area contributed by atoms with Crippen molar-refractivity contribution < 1.29 is 4.57 Å². The number of aromatic nitrogens is 1. The number of fused-ring (bicyclic) bond motifs is 1. The van der Waals surface area contributed by atoms with E-state index in [1.54, 1.807) is 4.78 Å². The van der Waals surface area contributed by atoms with Crippen molar-refractivity contribution in [1.29, 1.82) is 0 Å². The van der Waals surface area contributed by atoms with Gasteiger partial charge in [-0.3, -0.25) is 4.57 Å². The maximum atomic E-state index is 15.1. The summed E-state index contributed by atoms with van der Waals surface area (Å²) in [5.41, 5.74) is 9.07. The van der Waals surface area contributed by atoms with Gasteiger partial charge in [0.25, 0.3) is 0 Å². The molecule has 1 unspecified atom stereocenters. The van der Waals surface area contributed by atoms with Crippen LogP contribution in [-0.2, 0) is 4.57 Å². The fraction of sp³-hybridized carbons (Fsp3) is 0.179. The number of aryl methyl sites for hydroxylation is 3. The van der Waals surface area contributed by atoms with Crippen molar-refractivity contribution in [3.8, 4) is 5.69 Å². The SMILES string of the molecule is Cc1ccc(-n2c(C)c3c(c2C)P(=O)(Nc2ccc(C)c(C)c2)N(c2ccccc2)N=C3)cc1. The topological polar surface area (TPSA) is 49.6 Å². The lowest BCUT2D eigenvalue weighted by Gasteiger charge is -2.33. The smallest absolute Gasteiger partial charge is 0.312 e. The van der Waals surface area contributed by atoms with E-state index in [0.29, 0.717) is 0 Å². The summed E-state index contributed by atoms with van der Waals surface area (Å²) < 4.78 is 19.0. The van der Waals surface area contributed by atoms with Crippen LogP contribution in [0.4, 0.5) is 11.4 Å². The first kappa shape index (κ1) is 22.2. The molecule has 6 heteroatoms. The van der Waals surface area contributed by atoms with Gasteiger partial charge in [0.2, 0.25) is 0 Å². The molecule has 1 N–H and O–H groups in total. The van der Waals surface area contributed by atoms with Crippen LogP contribution in [0.25, 0.3) is 5.69 Å². The number of nitrogens with one attached hydrogen (secondary N) is 1. The lowest BCUT2D eigenvalue weighted by molar-refractivity contribution is 0.581. The highest BCUT2D eigenvalue weighted by atomic mass is 31.2. The molecule has 0 saturated carbocycles. The fourth-order valence-corrected chi connectivity index (χ4v) is 7.25. The predicted octanol–water partition coefficient (Wildman–Crippen LogP) is 6.80. The molecule has 1 aliphatic rings. The molecule has 172 valence electrons. The van der Waals surface area contributed by atoms with E-state index in [2.05, 4.69) is 73.7 Å². The van der Waals surface area contributed by atoms with E-state index in [9.17, 15) is 0 Å². The summed E-state index contributed by atoms with van der Waals surface area (Å²) in [4.78, 5) is 0. The van der Waals surface area contributed by atoms with Gasteiger partial charge in [-0.15, -0.1) is 0 Å². The molecular weight excluding hydrogens is 439 g/mol. The minimum atomic E-state index is -3.40. The van der Waals surface area contributed by atoms with Gasteiger partial charge in [-0.05, 0) is 82.1 Å². The fourth-order valence-electron chi connectivity index (χ4n) is 4.62. The minimum Gasteiger partial charge on any atom is -0.317 e. The molecule has 0 aliphatic carbocycles. The first-order chi connectivity index (χ1) is 16.3. The third-order valence-corrected chi connectivity index (χ3v) is 9.19. The van der Waals surface area contributed by atoms with Gasteiger partial charge in [-0.25, -0.2) is 0 Å². The zero-order valence-corrected chi connectivity index (χ0v) is 21.1. The summed E-state index contributed by atoms with van der Waals surface area (Å²) in [5, 5.41) is 8.94. The Balaban J connectivity index is 1.73. The lowest BCUT2D eigenvalue weighted by Crippen LogP contribution is -2.32. The first-order valence-corrected chi connectivity index (χ1v) is 13.1. The maximum Gasteiger partial charge on any atom is 0.312 e. The van der Waals surface area contributed by atoms with Crippen LogP contribution in [0.3, 0.4) is 0 Å². The van der Waals surface area contributed by atoms with Crippen LogP contribution in [0.1, 0.15) is 33.6 Å². The summed E-state index contributed by atoms with van der Waals surface area (Å²) in [7, 11) is -3.40. The molecule has 0 amide bonds. The quantitative estimate of drug-likeness (QED) is 0.335. The van der Waals surface area contributed by atoms with Gasteiger partial charge in [0, 0.05) is 28.3 Å². The van der Waals surface area contributed by atoms with Crippen LogP contribution in [0, 0.1) is 34.6 Å². The van der Waals surface area contributed by atoms with E-state index in [0.717, 1.165) is 44.9 Å². The predicted molar refractivity (Wildman–Crippen MR) is 143 cm³/mol. The number of para-hydroxylation sites is 1. The van der Waals surface area contributed by atoms with Crippen molar-refractivity contribution in [2.75, 3.05) is 9.87 Å². The Labute approximate surface area is 201 Å². The van der Waals surface area contributed by atoms with Gasteiger partial charge < -0.3 is 9.65 Å². The molecule has 0 radical (unpaired) electrons. The second-order valence-electron chi connectivity index (χ2n) is 8.96. The number of nitrogens with zero attached hydrogens (tertiary/aromatic N) is 3. The van der Waals surface area contributed by atoms with Crippen LogP contribution < -0.4 is 15.2 Å².